The van der Waals surface area contributed by atoms with Gasteiger partial charge < -0.3 is 5.32 Å². The molecule has 0 aromatic heterocycles. The van der Waals surface area contributed by atoms with E-state index in [4.69, 9.17) is 0 Å². The number of hydrogen-bond acceptors (Lipinski definition) is 3. The Labute approximate surface area is 97.2 Å². The van der Waals surface area contributed by atoms with Crippen molar-refractivity contribution < 1.29 is 9.59 Å². The second kappa shape index (κ2) is 6.63. The van der Waals surface area contributed by atoms with E-state index >= 15 is 0 Å². The topological polar surface area (TPSA) is 58.2 Å². The molecule has 4 heteroatoms. The maximum atomic E-state index is 11.4. The van der Waals surface area contributed by atoms with Crippen LogP contribution in [0.2, 0.25) is 0 Å². The van der Waals surface area contributed by atoms with Crippen LogP contribution in [-0.4, -0.2) is 23.9 Å². The van der Waals surface area contributed by atoms with Crippen molar-refractivity contribution >= 4 is 11.8 Å². The van der Waals surface area contributed by atoms with Crippen molar-refractivity contribution in [3.8, 4) is 0 Å². The molecule has 0 radical (unpaired) electrons. The molecule has 1 fully saturated rings. The Morgan fingerprint density at radius 1 is 1.31 bits per heavy atom. The fourth-order valence-electron chi connectivity index (χ4n) is 2.08. The highest BCUT2D eigenvalue weighted by molar-refractivity contribution is 6.05. The van der Waals surface area contributed by atoms with Crippen LogP contribution in [0.1, 0.15) is 52.4 Å². The van der Waals surface area contributed by atoms with Gasteiger partial charge in [0.2, 0.25) is 11.8 Å². The fraction of sp³-hybridized carbons (Fsp3) is 0.833. The Morgan fingerprint density at radius 3 is 2.56 bits per heavy atom. The Hall–Kier alpha value is -0.900. The van der Waals surface area contributed by atoms with Crippen LogP contribution in [0.3, 0.4) is 0 Å². The maximum absolute atomic E-state index is 11.4. The lowest BCUT2D eigenvalue weighted by Gasteiger charge is -2.20. The summed E-state index contributed by atoms with van der Waals surface area (Å²) in [6.07, 6.45) is 5.88. The van der Waals surface area contributed by atoms with E-state index in [-0.39, 0.29) is 17.9 Å². The van der Waals surface area contributed by atoms with Crippen LogP contribution in [0.15, 0.2) is 0 Å². The van der Waals surface area contributed by atoms with Crippen LogP contribution in [0.5, 0.6) is 0 Å². The van der Waals surface area contributed by atoms with Gasteiger partial charge >= 0.3 is 0 Å². The first-order valence-corrected chi connectivity index (χ1v) is 6.27. The molecule has 1 heterocycles. The standard InChI is InChI=1S/C12H22N2O2/c1-3-5-7-9(6-4-2)13-10-8-11(15)14-12(10)16/h9-10,13H,3-8H2,1-2H3,(H,14,15,16). The molecule has 0 bridgehead atoms. The molecule has 0 aromatic carbocycles. The zero-order valence-electron chi connectivity index (χ0n) is 10.2. The predicted octanol–water partition coefficient (Wildman–Crippen LogP) is 1.35. The van der Waals surface area contributed by atoms with E-state index in [0.29, 0.717) is 12.5 Å². The van der Waals surface area contributed by atoms with Gasteiger partial charge in [-0.15, -0.1) is 0 Å². The van der Waals surface area contributed by atoms with Crippen LogP contribution >= 0.6 is 0 Å². The molecule has 4 nitrogen and oxygen atoms in total. The fourth-order valence-corrected chi connectivity index (χ4v) is 2.08. The number of carbonyl (C=O) groups is 2. The van der Waals surface area contributed by atoms with Gasteiger partial charge in [-0.2, -0.15) is 0 Å². The third-order valence-corrected chi connectivity index (χ3v) is 2.95. The zero-order valence-corrected chi connectivity index (χ0v) is 10.2. The van der Waals surface area contributed by atoms with E-state index in [9.17, 15) is 9.59 Å². The third-order valence-electron chi connectivity index (χ3n) is 2.95. The Bertz CT molecular complexity index is 253. The number of hydrogen-bond donors (Lipinski definition) is 2. The highest BCUT2D eigenvalue weighted by Crippen LogP contribution is 2.10. The first kappa shape index (κ1) is 13.2. The van der Waals surface area contributed by atoms with Crippen LogP contribution in [0.4, 0.5) is 0 Å². The van der Waals surface area contributed by atoms with Crippen molar-refractivity contribution in [1.82, 2.24) is 10.6 Å². The lowest BCUT2D eigenvalue weighted by molar-refractivity contribution is -0.125. The van der Waals surface area contributed by atoms with Crippen LogP contribution in [0.25, 0.3) is 0 Å². The number of rotatable bonds is 7. The Morgan fingerprint density at radius 2 is 2.06 bits per heavy atom. The lowest BCUT2D eigenvalue weighted by Crippen LogP contribution is -2.42. The van der Waals surface area contributed by atoms with Gasteiger partial charge in [-0.25, -0.2) is 0 Å². The summed E-state index contributed by atoms with van der Waals surface area (Å²) in [5.74, 6) is -0.323. The van der Waals surface area contributed by atoms with Gasteiger partial charge in [-0.05, 0) is 12.8 Å². The van der Waals surface area contributed by atoms with Gasteiger partial charge in [0.15, 0.2) is 0 Å². The minimum atomic E-state index is -0.305. The summed E-state index contributed by atoms with van der Waals surface area (Å²) in [5, 5.41) is 5.63. The van der Waals surface area contributed by atoms with Crippen molar-refractivity contribution in [3.05, 3.63) is 0 Å². The Balaban J connectivity index is 2.40. The molecule has 2 atom stereocenters. The second-order valence-electron chi connectivity index (χ2n) is 4.46. The van der Waals surface area contributed by atoms with E-state index in [0.717, 1.165) is 25.7 Å². The van der Waals surface area contributed by atoms with Crippen LogP contribution in [-0.2, 0) is 9.59 Å². The van der Waals surface area contributed by atoms with Crippen molar-refractivity contribution in [2.45, 2.75) is 64.5 Å². The average Bonchev–Trinajstić information content (AvgIpc) is 2.54. The molecular weight excluding hydrogens is 204 g/mol. The zero-order chi connectivity index (χ0) is 12.0. The highest BCUT2D eigenvalue weighted by atomic mass is 16.2. The molecule has 2 amide bonds. The van der Waals surface area contributed by atoms with Crippen molar-refractivity contribution in [1.29, 1.82) is 0 Å². The normalized spacial score (nSPS) is 22.2. The summed E-state index contributed by atoms with van der Waals surface area (Å²) < 4.78 is 0. The third kappa shape index (κ3) is 3.93. The molecule has 92 valence electrons. The van der Waals surface area contributed by atoms with E-state index in [1.165, 1.54) is 6.42 Å². The van der Waals surface area contributed by atoms with Gasteiger partial charge in [-0.1, -0.05) is 33.1 Å². The highest BCUT2D eigenvalue weighted by Gasteiger charge is 2.31. The molecule has 0 saturated carbocycles. The minimum Gasteiger partial charge on any atom is -0.303 e. The van der Waals surface area contributed by atoms with E-state index < -0.39 is 0 Å². The number of amides is 2. The molecule has 2 unspecified atom stereocenters. The summed E-state index contributed by atoms with van der Waals surface area (Å²) >= 11 is 0. The molecule has 0 aromatic rings. The molecule has 1 saturated heterocycles. The van der Waals surface area contributed by atoms with Crippen molar-refractivity contribution in [2.24, 2.45) is 0 Å². The molecule has 1 aliphatic rings. The smallest absolute Gasteiger partial charge is 0.244 e. The predicted molar refractivity (Wildman–Crippen MR) is 62.9 cm³/mol. The molecule has 2 N–H and O–H groups in total. The first-order chi connectivity index (χ1) is 7.67. The number of imide groups is 1. The van der Waals surface area contributed by atoms with Gasteiger partial charge in [0.05, 0.1) is 12.5 Å². The summed E-state index contributed by atoms with van der Waals surface area (Å²) in [5.41, 5.74) is 0. The van der Waals surface area contributed by atoms with E-state index in [1.54, 1.807) is 0 Å². The largest absolute Gasteiger partial charge is 0.303 e. The lowest BCUT2D eigenvalue weighted by atomic mass is 10.0. The van der Waals surface area contributed by atoms with Crippen molar-refractivity contribution in [2.75, 3.05) is 0 Å². The molecule has 0 aliphatic carbocycles. The van der Waals surface area contributed by atoms with Crippen LogP contribution < -0.4 is 10.6 Å². The van der Waals surface area contributed by atoms with Gasteiger partial charge in [0.25, 0.3) is 0 Å². The van der Waals surface area contributed by atoms with Gasteiger partial charge in [0, 0.05) is 6.04 Å². The molecule has 1 aliphatic heterocycles. The first-order valence-electron chi connectivity index (χ1n) is 6.27. The number of carbonyl (C=O) groups excluding carboxylic acids is 2. The van der Waals surface area contributed by atoms with Gasteiger partial charge in [0.1, 0.15) is 0 Å². The minimum absolute atomic E-state index is 0.159. The number of unbranched alkanes of at least 4 members (excludes halogenated alkanes) is 1. The molecule has 0 spiro atoms. The summed E-state index contributed by atoms with van der Waals surface area (Å²) in [6, 6.07) is 0.0625. The Kier molecular flexibility index (Phi) is 5.46. The molecule has 1 rings (SSSR count). The quantitative estimate of drug-likeness (QED) is 0.644. The average molecular weight is 226 g/mol. The monoisotopic (exact) mass is 226 g/mol. The van der Waals surface area contributed by atoms with E-state index in [1.807, 2.05) is 0 Å². The van der Waals surface area contributed by atoms with Crippen molar-refractivity contribution in [3.63, 3.8) is 0 Å². The maximum Gasteiger partial charge on any atom is 0.244 e. The summed E-state index contributed by atoms with van der Waals surface area (Å²) in [4.78, 5) is 22.4. The second-order valence-corrected chi connectivity index (χ2v) is 4.46. The van der Waals surface area contributed by atoms with Crippen LogP contribution in [0, 0.1) is 0 Å². The summed E-state index contributed by atoms with van der Waals surface area (Å²) in [6.45, 7) is 4.30. The van der Waals surface area contributed by atoms with E-state index in [2.05, 4.69) is 24.5 Å². The molecule has 16 heavy (non-hydrogen) atoms. The molecular formula is C12H22N2O2. The number of nitrogens with one attached hydrogen (secondary N) is 2. The van der Waals surface area contributed by atoms with Gasteiger partial charge in [-0.3, -0.25) is 14.9 Å². The summed E-state index contributed by atoms with van der Waals surface area (Å²) in [7, 11) is 0. The SMILES string of the molecule is CCCCC(CCC)NC1CC(=O)NC1=O.